The number of Topliss-reactive ketones (excluding diaryl/α,β-unsaturated/α-hetero) is 1. The molecule has 0 fully saturated rings. The number of nitro benzene ring substituents is 1. The number of nitrogens with zero attached hydrogens (tertiary/aromatic N) is 2. The molecule has 0 radical (unpaired) electrons. The summed E-state index contributed by atoms with van der Waals surface area (Å²) in [6, 6.07) is 17.5. The zero-order valence-electron chi connectivity index (χ0n) is 17.1. The highest BCUT2D eigenvalue weighted by Crippen LogP contribution is 2.44. The van der Waals surface area contributed by atoms with E-state index in [1.807, 2.05) is 31.2 Å². The van der Waals surface area contributed by atoms with E-state index in [4.69, 9.17) is 11.6 Å². The number of carbonyl (C=O) groups is 2. The van der Waals surface area contributed by atoms with Crippen LogP contribution in [0.15, 0.2) is 66.7 Å². The van der Waals surface area contributed by atoms with Gasteiger partial charge in [0.15, 0.2) is 11.4 Å². The second-order valence-electron chi connectivity index (χ2n) is 7.80. The zero-order chi connectivity index (χ0) is 23.0. The van der Waals surface area contributed by atoms with Crippen LogP contribution in [0.25, 0.3) is 0 Å². The molecule has 0 bridgehead atoms. The number of non-ortho nitro benzene ring substituents is 1. The number of amides is 1. The van der Waals surface area contributed by atoms with Gasteiger partial charge >= 0.3 is 0 Å². The first-order valence-electron chi connectivity index (χ1n) is 9.86. The maximum absolute atomic E-state index is 13.4. The molecule has 3 aromatic carbocycles. The molecular weight excluding hydrogens is 432 g/mol. The van der Waals surface area contributed by atoms with E-state index in [1.54, 1.807) is 12.1 Å². The maximum Gasteiger partial charge on any atom is 0.269 e. The summed E-state index contributed by atoms with van der Waals surface area (Å²) < 4.78 is 0. The van der Waals surface area contributed by atoms with Gasteiger partial charge < -0.3 is 10.0 Å². The molecule has 0 aliphatic carbocycles. The molecule has 0 saturated carbocycles. The third-order valence-corrected chi connectivity index (χ3v) is 5.81. The molecule has 0 unspecified atom stereocenters. The number of halogens is 1. The van der Waals surface area contributed by atoms with Crippen LogP contribution in [0.5, 0.6) is 0 Å². The maximum atomic E-state index is 13.4. The van der Waals surface area contributed by atoms with Crippen LogP contribution in [0.4, 0.5) is 11.4 Å². The van der Waals surface area contributed by atoms with Crippen molar-refractivity contribution in [2.24, 2.45) is 0 Å². The van der Waals surface area contributed by atoms with Crippen LogP contribution in [-0.2, 0) is 16.9 Å². The summed E-state index contributed by atoms with van der Waals surface area (Å²) in [5.74, 6) is -1.13. The first-order valence-corrected chi connectivity index (χ1v) is 10.2. The Bertz CT molecular complexity index is 1220. The molecule has 7 nitrogen and oxygen atoms in total. The Labute approximate surface area is 189 Å². The highest BCUT2D eigenvalue weighted by atomic mass is 35.5. The van der Waals surface area contributed by atoms with Gasteiger partial charge in [0.25, 0.3) is 11.6 Å². The number of aliphatic hydroxyl groups is 1. The normalized spacial score (nSPS) is 17.3. The summed E-state index contributed by atoms with van der Waals surface area (Å²) >= 11 is 6.13. The molecule has 1 aliphatic heterocycles. The number of hydrogen-bond donors (Lipinski definition) is 1. The number of aryl methyl sites for hydroxylation is 1. The SMILES string of the molecule is Cc1ccc(CN2C(=O)[C@](O)(CC(=O)c3ccc([N+](=O)[O-])cc3)c3cc(Cl)ccc32)cc1. The molecule has 3 aromatic rings. The summed E-state index contributed by atoms with van der Waals surface area (Å²) in [7, 11) is 0. The van der Waals surface area contributed by atoms with E-state index in [0.29, 0.717) is 10.7 Å². The van der Waals surface area contributed by atoms with Crippen molar-refractivity contribution in [1.82, 2.24) is 0 Å². The lowest BCUT2D eigenvalue weighted by atomic mass is 9.88. The first kappa shape index (κ1) is 21.7. The zero-order valence-corrected chi connectivity index (χ0v) is 17.9. The second-order valence-corrected chi connectivity index (χ2v) is 8.24. The molecule has 1 heterocycles. The lowest BCUT2D eigenvalue weighted by Crippen LogP contribution is -2.41. The number of nitro groups is 1. The van der Waals surface area contributed by atoms with E-state index >= 15 is 0 Å². The number of carbonyl (C=O) groups excluding carboxylic acids is 2. The standard InChI is InChI=1S/C24H19ClN2O5/c1-15-2-4-16(5-3-15)14-26-21-11-8-18(25)12-20(21)24(30,23(26)29)13-22(28)17-6-9-19(10-7-17)27(31)32/h2-12,30H,13-14H2,1H3/t24-/m0/s1. The van der Waals surface area contributed by atoms with Crippen molar-refractivity contribution in [3.05, 3.63) is 104 Å². The fourth-order valence-electron chi connectivity index (χ4n) is 3.83. The third kappa shape index (κ3) is 3.88. The van der Waals surface area contributed by atoms with Crippen LogP contribution in [-0.4, -0.2) is 21.7 Å². The van der Waals surface area contributed by atoms with Crippen molar-refractivity contribution >= 4 is 34.7 Å². The number of hydrogen-bond acceptors (Lipinski definition) is 5. The van der Waals surface area contributed by atoms with Crippen LogP contribution < -0.4 is 4.90 Å². The quantitative estimate of drug-likeness (QED) is 0.337. The Morgan fingerprint density at radius 1 is 1.09 bits per heavy atom. The van der Waals surface area contributed by atoms with E-state index in [-0.39, 0.29) is 23.4 Å². The van der Waals surface area contributed by atoms with Crippen molar-refractivity contribution in [2.75, 3.05) is 4.90 Å². The van der Waals surface area contributed by atoms with Gasteiger partial charge in [-0.25, -0.2) is 0 Å². The minimum atomic E-state index is -2.09. The number of fused-ring (bicyclic) bond motifs is 1. The smallest absolute Gasteiger partial charge is 0.269 e. The van der Waals surface area contributed by atoms with Gasteiger partial charge in [-0.1, -0.05) is 41.4 Å². The van der Waals surface area contributed by atoms with Gasteiger partial charge in [-0.05, 0) is 42.8 Å². The molecule has 1 amide bonds. The summed E-state index contributed by atoms with van der Waals surface area (Å²) in [6.45, 7) is 2.19. The van der Waals surface area contributed by atoms with Crippen LogP contribution >= 0.6 is 11.6 Å². The molecule has 32 heavy (non-hydrogen) atoms. The molecule has 1 N–H and O–H groups in total. The molecular formula is C24H19ClN2O5. The Kier molecular flexibility index (Phi) is 5.54. The highest BCUT2D eigenvalue weighted by Gasteiger charge is 2.51. The van der Waals surface area contributed by atoms with Gasteiger partial charge in [0.05, 0.1) is 23.6 Å². The minimum absolute atomic E-state index is 0.154. The molecule has 1 aliphatic rings. The van der Waals surface area contributed by atoms with Gasteiger partial charge in [0.1, 0.15) is 0 Å². The van der Waals surface area contributed by atoms with Crippen molar-refractivity contribution in [2.45, 2.75) is 25.5 Å². The van der Waals surface area contributed by atoms with Crippen LogP contribution in [0.3, 0.4) is 0 Å². The minimum Gasteiger partial charge on any atom is -0.375 e. The molecule has 4 rings (SSSR count). The largest absolute Gasteiger partial charge is 0.375 e. The molecule has 162 valence electrons. The van der Waals surface area contributed by atoms with Gasteiger partial charge in [0.2, 0.25) is 0 Å². The van der Waals surface area contributed by atoms with Crippen LogP contribution in [0, 0.1) is 17.0 Å². The van der Waals surface area contributed by atoms with Crippen LogP contribution in [0.2, 0.25) is 5.02 Å². The molecule has 0 aromatic heterocycles. The Balaban J connectivity index is 1.67. The molecule has 8 heteroatoms. The predicted molar refractivity (Wildman–Crippen MR) is 120 cm³/mol. The predicted octanol–water partition coefficient (Wildman–Crippen LogP) is 4.56. The summed E-state index contributed by atoms with van der Waals surface area (Å²) in [5, 5.41) is 22.6. The first-order chi connectivity index (χ1) is 15.2. The number of anilines is 1. The van der Waals surface area contributed by atoms with Crippen molar-refractivity contribution in [1.29, 1.82) is 0 Å². The van der Waals surface area contributed by atoms with E-state index in [9.17, 15) is 24.8 Å². The van der Waals surface area contributed by atoms with E-state index < -0.39 is 28.6 Å². The van der Waals surface area contributed by atoms with E-state index in [1.165, 1.54) is 35.2 Å². The fourth-order valence-corrected chi connectivity index (χ4v) is 4.00. The van der Waals surface area contributed by atoms with Crippen molar-refractivity contribution in [3.63, 3.8) is 0 Å². The van der Waals surface area contributed by atoms with Gasteiger partial charge in [0, 0.05) is 28.3 Å². The van der Waals surface area contributed by atoms with Gasteiger partial charge in [-0.2, -0.15) is 0 Å². The fraction of sp³-hybridized carbons (Fsp3) is 0.167. The third-order valence-electron chi connectivity index (χ3n) is 5.57. The Hall–Kier alpha value is -3.55. The van der Waals surface area contributed by atoms with Gasteiger partial charge in [-0.15, -0.1) is 0 Å². The number of rotatable bonds is 6. The average molecular weight is 451 g/mol. The summed E-state index contributed by atoms with van der Waals surface area (Å²) in [6.07, 6.45) is -0.513. The van der Waals surface area contributed by atoms with Gasteiger partial charge in [-0.3, -0.25) is 19.7 Å². The van der Waals surface area contributed by atoms with Crippen molar-refractivity contribution in [3.8, 4) is 0 Å². The lowest BCUT2D eigenvalue weighted by Gasteiger charge is -2.23. The van der Waals surface area contributed by atoms with E-state index in [0.717, 1.165) is 11.1 Å². The monoisotopic (exact) mass is 450 g/mol. The Morgan fingerprint density at radius 2 is 1.75 bits per heavy atom. The highest BCUT2D eigenvalue weighted by molar-refractivity contribution is 6.31. The van der Waals surface area contributed by atoms with Crippen LogP contribution in [0.1, 0.15) is 33.5 Å². The number of benzene rings is 3. The van der Waals surface area contributed by atoms with E-state index in [2.05, 4.69) is 0 Å². The lowest BCUT2D eigenvalue weighted by molar-refractivity contribution is -0.384. The molecule has 0 spiro atoms. The molecule has 1 atom stereocenters. The molecule has 0 saturated heterocycles. The topological polar surface area (TPSA) is 101 Å². The second kappa shape index (κ2) is 8.18. The average Bonchev–Trinajstić information content (AvgIpc) is 2.96. The summed E-state index contributed by atoms with van der Waals surface area (Å²) in [4.78, 5) is 38.0. The summed E-state index contributed by atoms with van der Waals surface area (Å²) in [5.41, 5.74) is 0.617. The number of ketones is 1. The van der Waals surface area contributed by atoms with Crippen molar-refractivity contribution < 1.29 is 19.6 Å². The Morgan fingerprint density at radius 3 is 2.38 bits per heavy atom.